The summed E-state index contributed by atoms with van der Waals surface area (Å²) < 4.78 is 36.9. The fourth-order valence-corrected chi connectivity index (χ4v) is 2.69. The van der Waals surface area contributed by atoms with Gasteiger partial charge in [-0.05, 0) is 12.1 Å². The lowest BCUT2D eigenvalue weighted by atomic mass is 10.2. The van der Waals surface area contributed by atoms with Gasteiger partial charge in [0.25, 0.3) is 5.97 Å². The van der Waals surface area contributed by atoms with Crippen LogP contribution >= 0.6 is 0 Å². The Bertz CT molecular complexity index is 594. The van der Waals surface area contributed by atoms with E-state index < -0.39 is 21.6 Å². The van der Waals surface area contributed by atoms with Crippen molar-refractivity contribution in [3.8, 4) is 0 Å². The molecular formula is C13H19FN2O4S. The van der Waals surface area contributed by atoms with E-state index in [0.29, 0.717) is 18.8 Å². The van der Waals surface area contributed by atoms with E-state index in [2.05, 4.69) is 5.32 Å². The number of carbonyl (C=O) groups is 1. The normalized spacial score (nSPS) is 15.1. The first kappa shape index (κ1) is 17.4. The molecule has 1 aliphatic heterocycles. The highest BCUT2D eigenvalue weighted by Gasteiger charge is 2.20. The highest BCUT2D eigenvalue weighted by molar-refractivity contribution is 7.90. The molecule has 8 heteroatoms. The van der Waals surface area contributed by atoms with Crippen LogP contribution in [0.2, 0.25) is 0 Å². The second kappa shape index (κ2) is 7.37. The third-order valence-corrected chi connectivity index (χ3v) is 3.91. The Morgan fingerprint density at radius 1 is 1.33 bits per heavy atom. The van der Waals surface area contributed by atoms with Gasteiger partial charge in [0.15, 0.2) is 15.7 Å². The second-order valence-corrected chi connectivity index (χ2v) is 6.60. The Morgan fingerprint density at radius 2 is 1.86 bits per heavy atom. The highest BCUT2D eigenvalue weighted by atomic mass is 32.2. The first-order valence-electron chi connectivity index (χ1n) is 6.37. The highest BCUT2D eigenvalue weighted by Crippen LogP contribution is 2.25. The van der Waals surface area contributed by atoms with Crippen LogP contribution in [0, 0.1) is 5.82 Å². The lowest BCUT2D eigenvalue weighted by molar-refractivity contribution is -0.134. The summed E-state index contributed by atoms with van der Waals surface area (Å²) in [5.41, 5.74) is 0.370. The quantitative estimate of drug-likeness (QED) is 0.836. The molecule has 0 atom stereocenters. The van der Waals surface area contributed by atoms with E-state index in [0.717, 1.165) is 26.3 Å². The van der Waals surface area contributed by atoms with Crippen molar-refractivity contribution in [2.24, 2.45) is 0 Å². The number of benzene rings is 1. The van der Waals surface area contributed by atoms with E-state index in [4.69, 9.17) is 9.90 Å². The lowest BCUT2D eigenvalue weighted by Crippen LogP contribution is -2.44. The van der Waals surface area contributed by atoms with Crippen LogP contribution in [0.5, 0.6) is 0 Å². The summed E-state index contributed by atoms with van der Waals surface area (Å²) in [7, 11) is -3.51. The number of anilines is 1. The van der Waals surface area contributed by atoms with E-state index in [1.54, 1.807) is 12.1 Å². The van der Waals surface area contributed by atoms with Crippen LogP contribution in [-0.2, 0) is 14.6 Å². The average molecular weight is 318 g/mol. The van der Waals surface area contributed by atoms with Gasteiger partial charge in [0, 0.05) is 39.4 Å². The molecule has 1 heterocycles. The van der Waals surface area contributed by atoms with Crippen molar-refractivity contribution < 1.29 is 22.7 Å². The van der Waals surface area contributed by atoms with E-state index in [9.17, 15) is 12.8 Å². The molecule has 6 nitrogen and oxygen atoms in total. The number of carboxylic acid groups (broad SMARTS) is 1. The number of nitrogens with zero attached hydrogens (tertiary/aromatic N) is 1. The minimum atomic E-state index is -3.51. The molecule has 1 aromatic rings. The van der Waals surface area contributed by atoms with Crippen LogP contribution in [0.15, 0.2) is 23.1 Å². The van der Waals surface area contributed by atoms with Crippen molar-refractivity contribution in [2.75, 3.05) is 37.3 Å². The van der Waals surface area contributed by atoms with Crippen molar-refractivity contribution in [3.63, 3.8) is 0 Å². The Kier molecular flexibility index (Phi) is 6.10. The first-order chi connectivity index (χ1) is 9.73. The topological polar surface area (TPSA) is 86.7 Å². The monoisotopic (exact) mass is 318 g/mol. The second-order valence-electron chi connectivity index (χ2n) is 4.62. The Balaban J connectivity index is 0.000000491. The van der Waals surface area contributed by atoms with Crippen molar-refractivity contribution in [1.29, 1.82) is 0 Å². The number of halogens is 1. The Labute approximate surface area is 123 Å². The molecule has 0 amide bonds. The minimum Gasteiger partial charge on any atom is -0.481 e. The van der Waals surface area contributed by atoms with Gasteiger partial charge in [0.2, 0.25) is 0 Å². The molecule has 21 heavy (non-hydrogen) atoms. The zero-order valence-electron chi connectivity index (χ0n) is 12.0. The Hall–Kier alpha value is -1.67. The minimum absolute atomic E-state index is 0.228. The third-order valence-electron chi connectivity index (χ3n) is 2.80. The Morgan fingerprint density at radius 3 is 2.33 bits per heavy atom. The van der Waals surface area contributed by atoms with Crippen molar-refractivity contribution >= 4 is 21.5 Å². The number of piperazine rings is 1. The molecule has 0 aromatic heterocycles. The zero-order chi connectivity index (χ0) is 16.0. The molecule has 1 aromatic carbocycles. The summed E-state index contributed by atoms with van der Waals surface area (Å²) in [6.07, 6.45) is 1.02. The van der Waals surface area contributed by atoms with Gasteiger partial charge < -0.3 is 15.3 Å². The fraction of sp³-hybridized carbons (Fsp3) is 0.462. The third kappa shape index (κ3) is 5.31. The van der Waals surface area contributed by atoms with Gasteiger partial charge in [0.1, 0.15) is 4.90 Å². The number of nitrogens with one attached hydrogen (secondary N) is 1. The molecule has 0 radical (unpaired) electrons. The van der Waals surface area contributed by atoms with E-state index >= 15 is 0 Å². The number of aliphatic carboxylic acids is 1. The molecule has 2 N–H and O–H groups in total. The molecule has 118 valence electrons. The van der Waals surface area contributed by atoms with Crippen molar-refractivity contribution in [2.45, 2.75) is 11.8 Å². The van der Waals surface area contributed by atoms with Gasteiger partial charge >= 0.3 is 0 Å². The number of hydrogen-bond acceptors (Lipinski definition) is 5. The molecular weight excluding hydrogens is 299 g/mol. The summed E-state index contributed by atoms with van der Waals surface area (Å²) in [5.74, 6) is -1.48. The van der Waals surface area contributed by atoms with Gasteiger partial charge in [-0.1, -0.05) is 6.07 Å². The molecule has 2 rings (SSSR count). The van der Waals surface area contributed by atoms with E-state index in [-0.39, 0.29) is 4.90 Å². The van der Waals surface area contributed by atoms with Crippen LogP contribution in [-0.4, -0.2) is 51.9 Å². The maximum atomic E-state index is 14.1. The lowest BCUT2D eigenvalue weighted by Gasteiger charge is -2.30. The standard InChI is InChI=1S/C11H15FN2O2S.C2H4O2/c1-17(15,16)10-4-2-3-9(11(10)12)14-7-5-13-6-8-14;1-2(3)4/h2-4,13H,5-8H2,1H3;1H3,(H,3,4). The maximum Gasteiger partial charge on any atom is 0.300 e. The predicted molar refractivity (Wildman–Crippen MR) is 77.9 cm³/mol. The maximum absolute atomic E-state index is 14.1. The van der Waals surface area contributed by atoms with Gasteiger partial charge in [-0.25, -0.2) is 12.8 Å². The fourth-order valence-electron chi connectivity index (χ4n) is 1.94. The smallest absolute Gasteiger partial charge is 0.300 e. The molecule has 0 spiro atoms. The van der Waals surface area contributed by atoms with Crippen LogP contribution in [0.1, 0.15) is 6.92 Å². The van der Waals surface area contributed by atoms with Crippen molar-refractivity contribution in [1.82, 2.24) is 5.32 Å². The number of rotatable bonds is 2. The molecule has 1 fully saturated rings. The van der Waals surface area contributed by atoms with Crippen LogP contribution in [0.3, 0.4) is 0 Å². The SMILES string of the molecule is CC(=O)O.CS(=O)(=O)c1cccc(N2CCNCC2)c1F. The van der Waals surface area contributed by atoms with E-state index in [1.165, 1.54) is 6.07 Å². The largest absolute Gasteiger partial charge is 0.481 e. The molecule has 0 saturated carbocycles. The molecule has 1 saturated heterocycles. The van der Waals surface area contributed by atoms with E-state index in [1.807, 2.05) is 4.90 Å². The summed E-state index contributed by atoms with van der Waals surface area (Å²) in [5, 5.41) is 10.6. The van der Waals surface area contributed by atoms with Gasteiger partial charge in [-0.2, -0.15) is 0 Å². The van der Waals surface area contributed by atoms with Gasteiger partial charge in [-0.15, -0.1) is 0 Å². The molecule has 0 unspecified atom stereocenters. The number of carboxylic acids is 1. The van der Waals surface area contributed by atoms with Gasteiger partial charge in [-0.3, -0.25) is 4.79 Å². The average Bonchev–Trinajstić information content (AvgIpc) is 2.38. The zero-order valence-corrected chi connectivity index (χ0v) is 12.8. The predicted octanol–water partition coefficient (Wildman–Crippen LogP) is 0.730. The van der Waals surface area contributed by atoms with Gasteiger partial charge in [0.05, 0.1) is 5.69 Å². The summed E-state index contributed by atoms with van der Waals surface area (Å²) in [6, 6.07) is 4.50. The summed E-state index contributed by atoms with van der Waals surface area (Å²) in [6.45, 7) is 4.01. The van der Waals surface area contributed by atoms with Crippen LogP contribution in [0.25, 0.3) is 0 Å². The number of sulfone groups is 1. The molecule has 1 aliphatic rings. The van der Waals surface area contributed by atoms with Crippen molar-refractivity contribution in [3.05, 3.63) is 24.0 Å². The summed E-state index contributed by atoms with van der Waals surface area (Å²) in [4.78, 5) is 10.6. The molecule has 0 bridgehead atoms. The van der Waals surface area contributed by atoms with Crippen LogP contribution in [0.4, 0.5) is 10.1 Å². The summed E-state index contributed by atoms with van der Waals surface area (Å²) >= 11 is 0. The number of hydrogen-bond donors (Lipinski definition) is 2. The molecule has 0 aliphatic carbocycles. The van der Waals surface area contributed by atoms with Crippen LogP contribution < -0.4 is 10.2 Å². The first-order valence-corrected chi connectivity index (χ1v) is 8.26.